The van der Waals surface area contributed by atoms with Gasteiger partial charge >= 0.3 is 0 Å². The van der Waals surface area contributed by atoms with Crippen molar-refractivity contribution in [3.05, 3.63) is 0 Å². The van der Waals surface area contributed by atoms with Crippen LogP contribution in [0.2, 0.25) is 0 Å². The third kappa shape index (κ3) is 7.15. The zero-order chi connectivity index (χ0) is 15.2. The lowest BCUT2D eigenvalue weighted by molar-refractivity contribution is -0.134. The molecule has 0 aromatic rings. The Morgan fingerprint density at radius 3 is 2.00 bits per heavy atom. The molecular formula is C14H28N2O3. The summed E-state index contributed by atoms with van der Waals surface area (Å²) in [6.07, 6.45) is -0.373. The van der Waals surface area contributed by atoms with Gasteiger partial charge in [-0.2, -0.15) is 0 Å². The van der Waals surface area contributed by atoms with Crippen molar-refractivity contribution in [1.82, 2.24) is 10.6 Å². The highest BCUT2D eigenvalue weighted by Crippen LogP contribution is 2.15. The number of hydrogen-bond donors (Lipinski definition) is 2. The highest BCUT2D eigenvalue weighted by Gasteiger charge is 2.28. The summed E-state index contributed by atoms with van der Waals surface area (Å²) in [5.74, 6) is -0.558. The first-order valence-electron chi connectivity index (χ1n) is 6.72. The van der Waals surface area contributed by atoms with Crippen molar-refractivity contribution >= 4 is 11.8 Å². The Morgan fingerprint density at radius 2 is 1.63 bits per heavy atom. The minimum Gasteiger partial charge on any atom is -0.375 e. The van der Waals surface area contributed by atoms with Gasteiger partial charge in [-0.25, -0.2) is 0 Å². The zero-order valence-electron chi connectivity index (χ0n) is 13.2. The van der Waals surface area contributed by atoms with Crippen LogP contribution in [0, 0.1) is 11.3 Å². The molecule has 2 unspecified atom stereocenters. The minimum atomic E-state index is -0.665. The molecule has 0 spiro atoms. The molecule has 0 saturated heterocycles. The number of carbonyl (C=O) groups excluding carboxylic acids is 2. The molecule has 5 nitrogen and oxygen atoms in total. The second-order valence-electron chi connectivity index (χ2n) is 6.33. The van der Waals surface area contributed by atoms with Crippen molar-refractivity contribution in [1.29, 1.82) is 0 Å². The van der Waals surface area contributed by atoms with Crippen molar-refractivity contribution in [2.45, 2.75) is 53.7 Å². The van der Waals surface area contributed by atoms with Crippen LogP contribution in [0.15, 0.2) is 0 Å². The lowest BCUT2D eigenvalue weighted by Gasteiger charge is -2.28. The summed E-state index contributed by atoms with van der Waals surface area (Å²) in [7, 11) is 1.55. The van der Waals surface area contributed by atoms with E-state index in [-0.39, 0.29) is 29.3 Å². The highest BCUT2D eigenvalue weighted by atomic mass is 16.5. The van der Waals surface area contributed by atoms with E-state index in [9.17, 15) is 9.59 Å². The van der Waals surface area contributed by atoms with Gasteiger partial charge in [0, 0.05) is 13.0 Å². The van der Waals surface area contributed by atoms with Crippen LogP contribution in [0.3, 0.4) is 0 Å². The van der Waals surface area contributed by atoms with Crippen LogP contribution in [0.25, 0.3) is 0 Å². The van der Waals surface area contributed by atoms with E-state index >= 15 is 0 Å². The molecule has 0 saturated carbocycles. The average Bonchev–Trinajstić information content (AvgIpc) is 2.30. The Kier molecular flexibility index (Phi) is 7.05. The lowest BCUT2D eigenvalue weighted by Crippen LogP contribution is -2.53. The molecule has 0 aliphatic rings. The van der Waals surface area contributed by atoms with Gasteiger partial charge in [0.1, 0.15) is 6.04 Å². The van der Waals surface area contributed by atoms with E-state index in [1.54, 1.807) is 27.8 Å². The van der Waals surface area contributed by atoms with Crippen molar-refractivity contribution in [3.8, 4) is 0 Å². The van der Waals surface area contributed by atoms with E-state index in [4.69, 9.17) is 4.74 Å². The van der Waals surface area contributed by atoms with Gasteiger partial charge < -0.3 is 15.4 Å². The Labute approximate surface area is 116 Å². The van der Waals surface area contributed by atoms with Gasteiger partial charge in [0.25, 0.3) is 0 Å². The number of amides is 2. The van der Waals surface area contributed by atoms with Crippen molar-refractivity contribution in [2.24, 2.45) is 11.3 Å². The number of likely N-dealkylation sites (N-methyl/N-ethyl adjacent to an activating group) is 1. The summed E-state index contributed by atoms with van der Waals surface area (Å²) in [5, 5.41) is 5.28. The number of carbonyl (C=O) groups is 2. The molecular weight excluding hydrogens is 244 g/mol. The van der Waals surface area contributed by atoms with Crippen LogP contribution in [0.5, 0.6) is 0 Å². The van der Waals surface area contributed by atoms with E-state index in [2.05, 4.69) is 31.4 Å². The summed E-state index contributed by atoms with van der Waals surface area (Å²) in [6, 6.07) is -0.665. The predicted molar refractivity (Wildman–Crippen MR) is 75.7 cm³/mol. The average molecular weight is 272 g/mol. The van der Waals surface area contributed by atoms with Crippen LogP contribution in [0.4, 0.5) is 0 Å². The first-order valence-corrected chi connectivity index (χ1v) is 6.72. The SMILES string of the molecule is CNC(=O)C(NC(=O)C(C)C)C(C)OCC(C)(C)C. The normalized spacial score (nSPS) is 14.9. The zero-order valence-corrected chi connectivity index (χ0v) is 13.2. The van der Waals surface area contributed by atoms with E-state index in [0.717, 1.165) is 0 Å². The fraction of sp³-hybridized carbons (Fsp3) is 0.857. The monoisotopic (exact) mass is 272 g/mol. The van der Waals surface area contributed by atoms with E-state index in [1.165, 1.54) is 0 Å². The molecule has 19 heavy (non-hydrogen) atoms. The maximum Gasteiger partial charge on any atom is 0.245 e. The number of rotatable bonds is 6. The molecule has 0 aliphatic heterocycles. The number of nitrogens with one attached hydrogen (secondary N) is 2. The molecule has 0 rings (SSSR count). The molecule has 5 heteroatoms. The molecule has 112 valence electrons. The lowest BCUT2D eigenvalue weighted by atomic mass is 9.98. The summed E-state index contributed by atoms with van der Waals surface area (Å²) < 4.78 is 5.70. The van der Waals surface area contributed by atoms with Gasteiger partial charge in [-0.3, -0.25) is 9.59 Å². The van der Waals surface area contributed by atoms with Crippen LogP contribution in [-0.4, -0.2) is 37.6 Å². The fourth-order valence-corrected chi connectivity index (χ4v) is 1.35. The fourth-order valence-electron chi connectivity index (χ4n) is 1.35. The van der Waals surface area contributed by atoms with Gasteiger partial charge in [0.2, 0.25) is 11.8 Å². The minimum absolute atomic E-state index is 0.0174. The maximum atomic E-state index is 11.8. The molecule has 0 aromatic heterocycles. The van der Waals surface area contributed by atoms with Crippen LogP contribution in [-0.2, 0) is 14.3 Å². The van der Waals surface area contributed by atoms with Gasteiger partial charge in [0.15, 0.2) is 0 Å². The molecule has 0 radical (unpaired) electrons. The van der Waals surface area contributed by atoms with Crippen LogP contribution < -0.4 is 10.6 Å². The van der Waals surface area contributed by atoms with Gasteiger partial charge in [-0.1, -0.05) is 34.6 Å². The molecule has 0 aromatic carbocycles. The van der Waals surface area contributed by atoms with E-state index in [1.807, 2.05) is 0 Å². The Balaban J connectivity index is 4.66. The number of ether oxygens (including phenoxy) is 1. The molecule has 0 heterocycles. The Hall–Kier alpha value is -1.10. The summed E-state index contributed by atoms with van der Waals surface area (Å²) in [4.78, 5) is 23.6. The standard InChI is InChI=1S/C14H28N2O3/c1-9(2)12(17)16-11(13(18)15-7)10(3)19-8-14(4,5)6/h9-11H,8H2,1-7H3,(H,15,18)(H,16,17). The third-order valence-electron chi connectivity index (χ3n) is 2.60. The Morgan fingerprint density at radius 1 is 1.11 bits per heavy atom. The van der Waals surface area contributed by atoms with Gasteiger partial charge in [0.05, 0.1) is 12.7 Å². The first-order chi connectivity index (χ1) is 8.58. The largest absolute Gasteiger partial charge is 0.375 e. The van der Waals surface area contributed by atoms with E-state index < -0.39 is 6.04 Å². The Bertz CT molecular complexity index is 308. The van der Waals surface area contributed by atoms with E-state index in [0.29, 0.717) is 6.61 Å². The molecule has 2 amide bonds. The molecule has 2 atom stereocenters. The van der Waals surface area contributed by atoms with Gasteiger partial charge in [-0.05, 0) is 12.3 Å². The second-order valence-corrected chi connectivity index (χ2v) is 6.33. The summed E-state index contributed by atoms with van der Waals surface area (Å²) in [5.41, 5.74) is 0.0174. The van der Waals surface area contributed by atoms with Crippen molar-refractivity contribution in [3.63, 3.8) is 0 Å². The summed E-state index contributed by atoms with van der Waals surface area (Å²) >= 11 is 0. The van der Waals surface area contributed by atoms with Crippen LogP contribution in [0.1, 0.15) is 41.5 Å². The molecule has 2 N–H and O–H groups in total. The topological polar surface area (TPSA) is 67.4 Å². The predicted octanol–water partition coefficient (Wildman–Crippen LogP) is 1.32. The van der Waals surface area contributed by atoms with Crippen molar-refractivity contribution in [2.75, 3.05) is 13.7 Å². The van der Waals surface area contributed by atoms with Crippen molar-refractivity contribution < 1.29 is 14.3 Å². The third-order valence-corrected chi connectivity index (χ3v) is 2.60. The highest BCUT2D eigenvalue weighted by molar-refractivity contribution is 5.88. The maximum absolute atomic E-state index is 11.8. The molecule has 0 fully saturated rings. The van der Waals surface area contributed by atoms with Crippen LogP contribution >= 0.6 is 0 Å². The number of hydrogen-bond acceptors (Lipinski definition) is 3. The van der Waals surface area contributed by atoms with Gasteiger partial charge in [-0.15, -0.1) is 0 Å². The quantitative estimate of drug-likeness (QED) is 0.766. The molecule has 0 aliphatic carbocycles. The summed E-state index contributed by atoms with van der Waals surface area (Å²) in [6.45, 7) is 12.1. The molecule has 0 bridgehead atoms. The first kappa shape index (κ1) is 17.9. The second kappa shape index (κ2) is 7.48. The smallest absolute Gasteiger partial charge is 0.245 e.